The highest BCUT2D eigenvalue weighted by Gasteiger charge is 2.38. The minimum atomic E-state index is -4.73. The molecular weight excluding hydrogens is 292 g/mol. The number of aliphatic hydroxyl groups is 1. The van der Waals surface area contributed by atoms with Gasteiger partial charge in [-0.25, -0.2) is 4.39 Å². The van der Waals surface area contributed by atoms with Crippen molar-refractivity contribution >= 4 is 11.6 Å². The smallest absolute Gasteiger partial charge is 0.382 e. The Balaban J connectivity index is 2.51. The molecule has 2 N–H and O–H groups in total. The van der Waals surface area contributed by atoms with Crippen LogP contribution in [0.3, 0.4) is 0 Å². The van der Waals surface area contributed by atoms with Gasteiger partial charge in [0.25, 0.3) is 0 Å². The minimum Gasteiger partial charge on any atom is -0.382 e. The summed E-state index contributed by atoms with van der Waals surface area (Å²) in [6.45, 7) is 0.481. The van der Waals surface area contributed by atoms with Gasteiger partial charge in [-0.15, -0.1) is 0 Å². The van der Waals surface area contributed by atoms with Crippen molar-refractivity contribution in [3.05, 3.63) is 29.6 Å². The summed E-state index contributed by atoms with van der Waals surface area (Å²) in [6, 6.07) is 4.08. The van der Waals surface area contributed by atoms with Gasteiger partial charge in [-0.1, -0.05) is 6.07 Å². The quantitative estimate of drug-likeness (QED) is 0.817. The lowest BCUT2D eigenvalue weighted by molar-refractivity contribution is -0.207. The number of nitrogens with zero attached hydrogens (tertiary/aromatic N) is 1. The molecule has 0 aliphatic rings. The van der Waals surface area contributed by atoms with E-state index in [4.69, 9.17) is 5.11 Å². The van der Waals surface area contributed by atoms with E-state index in [0.29, 0.717) is 5.56 Å². The van der Waals surface area contributed by atoms with Gasteiger partial charge in [0.1, 0.15) is 5.82 Å². The Morgan fingerprint density at radius 2 is 2.05 bits per heavy atom. The summed E-state index contributed by atoms with van der Waals surface area (Å²) >= 11 is 0. The number of halogens is 4. The van der Waals surface area contributed by atoms with Gasteiger partial charge in [0.15, 0.2) is 6.10 Å². The molecule has 0 heterocycles. The Morgan fingerprint density at radius 3 is 2.57 bits per heavy atom. The Kier molecular flexibility index (Phi) is 5.68. The largest absolute Gasteiger partial charge is 0.415 e. The van der Waals surface area contributed by atoms with Crippen LogP contribution >= 0.6 is 0 Å². The number of rotatable bonds is 5. The third-order valence-corrected chi connectivity index (χ3v) is 2.73. The first kappa shape index (κ1) is 17.4. The summed E-state index contributed by atoms with van der Waals surface area (Å²) in [5.41, 5.74) is 0.631. The summed E-state index contributed by atoms with van der Waals surface area (Å²) in [5, 5.41) is 11.2. The molecule has 1 atom stereocenters. The fourth-order valence-electron chi connectivity index (χ4n) is 1.58. The Morgan fingerprint density at radius 1 is 1.43 bits per heavy atom. The first-order valence-electron chi connectivity index (χ1n) is 6.09. The van der Waals surface area contributed by atoms with Crippen LogP contribution in [0.2, 0.25) is 0 Å². The fourth-order valence-corrected chi connectivity index (χ4v) is 1.58. The average Bonchev–Trinajstić information content (AvgIpc) is 2.32. The molecule has 1 aromatic carbocycles. The van der Waals surface area contributed by atoms with Crippen molar-refractivity contribution in [3.63, 3.8) is 0 Å². The first-order chi connectivity index (χ1) is 9.59. The lowest BCUT2D eigenvalue weighted by atomic mass is 10.2. The Bertz CT molecular complexity index is 505. The van der Waals surface area contributed by atoms with Crippen LogP contribution in [0.1, 0.15) is 5.56 Å². The number of likely N-dealkylation sites (N-methyl/N-ethyl adjacent to an activating group) is 1. The number of amides is 1. The van der Waals surface area contributed by atoms with Gasteiger partial charge < -0.3 is 10.4 Å². The van der Waals surface area contributed by atoms with Crippen molar-refractivity contribution in [2.24, 2.45) is 0 Å². The highest BCUT2D eigenvalue weighted by Crippen LogP contribution is 2.20. The molecule has 0 aliphatic heterocycles. The second-order valence-corrected chi connectivity index (χ2v) is 4.77. The molecule has 0 saturated heterocycles. The van der Waals surface area contributed by atoms with E-state index in [1.54, 1.807) is 6.92 Å². The van der Waals surface area contributed by atoms with E-state index in [-0.39, 0.29) is 12.2 Å². The lowest BCUT2D eigenvalue weighted by Crippen LogP contribution is -2.42. The molecule has 0 aromatic heterocycles. The maximum Gasteiger partial charge on any atom is 0.415 e. The maximum atomic E-state index is 13.3. The number of hydrogen-bond donors (Lipinski definition) is 2. The second-order valence-electron chi connectivity index (χ2n) is 4.77. The van der Waals surface area contributed by atoms with Crippen molar-refractivity contribution in [3.8, 4) is 0 Å². The monoisotopic (exact) mass is 308 g/mol. The molecule has 0 fully saturated rings. The summed E-state index contributed by atoms with van der Waals surface area (Å²) in [4.78, 5) is 12.6. The van der Waals surface area contributed by atoms with E-state index < -0.39 is 30.5 Å². The van der Waals surface area contributed by atoms with E-state index in [2.05, 4.69) is 5.32 Å². The van der Waals surface area contributed by atoms with Crippen LogP contribution in [0.5, 0.6) is 0 Å². The fraction of sp³-hybridized carbons (Fsp3) is 0.462. The van der Waals surface area contributed by atoms with Crippen LogP contribution in [-0.2, 0) is 4.79 Å². The van der Waals surface area contributed by atoms with E-state index in [9.17, 15) is 22.4 Å². The molecule has 4 nitrogen and oxygen atoms in total. The van der Waals surface area contributed by atoms with Crippen LogP contribution < -0.4 is 5.32 Å². The summed E-state index contributed by atoms with van der Waals surface area (Å²) in [5.74, 6) is -1.09. The summed E-state index contributed by atoms with van der Waals surface area (Å²) in [6.07, 6.45) is -7.25. The number of aryl methyl sites for hydroxylation is 1. The summed E-state index contributed by atoms with van der Waals surface area (Å²) < 4.78 is 49.7. The topological polar surface area (TPSA) is 52.6 Å². The zero-order valence-electron chi connectivity index (χ0n) is 11.5. The predicted octanol–water partition coefficient (Wildman–Crippen LogP) is 1.93. The SMILES string of the molecule is Cc1ccc(NC(=O)CN(C)CC(O)C(F)(F)F)cc1F. The molecule has 0 bridgehead atoms. The van der Waals surface area contributed by atoms with E-state index in [1.165, 1.54) is 19.2 Å². The highest BCUT2D eigenvalue weighted by atomic mass is 19.4. The van der Waals surface area contributed by atoms with Crippen LogP contribution in [0, 0.1) is 12.7 Å². The van der Waals surface area contributed by atoms with Gasteiger partial charge in [0, 0.05) is 12.2 Å². The Labute approximate surface area is 119 Å². The molecule has 118 valence electrons. The standard InChI is InChI=1S/C13H16F4N2O2/c1-8-3-4-9(5-10(8)14)18-12(21)7-19(2)6-11(20)13(15,16)17/h3-5,11,20H,6-7H2,1-2H3,(H,18,21). The van der Waals surface area contributed by atoms with Gasteiger partial charge in [-0.3, -0.25) is 9.69 Å². The normalized spacial score (nSPS) is 13.3. The molecule has 0 spiro atoms. The van der Waals surface area contributed by atoms with Crippen LogP contribution in [0.15, 0.2) is 18.2 Å². The van der Waals surface area contributed by atoms with E-state index in [0.717, 1.165) is 11.0 Å². The number of anilines is 1. The van der Waals surface area contributed by atoms with Crippen molar-refractivity contribution < 1.29 is 27.5 Å². The number of aliphatic hydroxyl groups excluding tert-OH is 1. The molecule has 0 radical (unpaired) electrons. The van der Waals surface area contributed by atoms with Gasteiger partial charge in [0.05, 0.1) is 6.54 Å². The van der Waals surface area contributed by atoms with Crippen LogP contribution in [0.4, 0.5) is 23.2 Å². The number of carbonyl (C=O) groups is 1. The number of benzene rings is 1. The van der Waals surface area contributed by atoms with Crippen molar-refractivity contribution in [1.29, 1.82) is 0 Å². The minimum absolute atomic E-state index is 0.216. The lowest BCUT2D eigenvalue weighted by Gasteiger charge is -2.21. The zero-order valence-corrected chi connectivity index (χ0v) is 11.5. The second kappa shape index (κ2) is 6.86. The molecule has 1 aromatic rings. The zero-order chi connectivity index (χ0) is 16.2. The van der Waals surface area contributed by atoms with E-state index >= 15 is 0 Å². The molecule has 21 heavy (non-hydrogen) atoms. The Hall–Kier alpha value is -1.67. The van der Waals surface area contributed by atoms with Gasteiger partial charge in [-0.2, -0.15) is 13.2 Å². The third-order valence-electron chi connectivity index (χ3n) is 2.73. The third kappa shape index (κ3) is 5.68. The van der Waals surface area contributed by atoms with Crippen LogP contribution in [0.25, 0.3) is 0 Å². The average molecular weight is 308 g/mol. The predicted molar refractivity (Wildman–Crippen MR) is 69.3 cm³/mol. The molecule has 1 amide bonds. The van der Waals surface area contributed by atoms with Gasteiger partial charge >= 0.3 is 6.18 Å². The van der Waals surface area contributed by atoms with Crippen LogP contribution in [-0.4, -0.2) is 48.3 Å². The molecular formula is C13H16F4N2O2. The van der Waals surface area contributed by atoms with Gasteiger partial charge in [-0.05, 0) is 31.7 Å². The van der Waals surface area contributed by atoms with Crippen molar-refractivity contribution in [2.45, 2.75) is 19.2 Å². The maximum absolute atomic E-state index is 13.3. The van der Waals surface area contributed by atoms with Crippen molar-refractivity contribution in [1.82, 2.24) is 4.90 Å². The van der Waals surface area contributed by atoms with Gasteiger partial charge in [0.2, 0.25) is 5.91 Å². The molecule has 0 saturated carbocycles. The van der Waals surface area contributed by atoms with Crippen molar-refractivity contribution in [2.75, 3.05) is 25.5 Å². The number of carbonyl (C=O) groups excluding carboxylic acids is 1. The molecule has 1 unspecified atom stereocenters. The molecule has 0 aliphatic carbocycles. The number of hydrogen-bond acceptors (Lipinski definition) is 3. The highest BCUT2D eigenvalue weighted by molar-refractivity contribution is 5.92. The molecule has 1 rings (SSSR count). The number of nitrogens with one attached hydrogen (secondary N) is 1. The first-order valence-corrected chi connectivity index (χ1v) is 6.09. The number of alkyl halides is 3. The summed E-state index contributed by atoms with van der Waals surface area (Å²) in [7, 11) is 1.27. The van der Waals surface area contributed by atoms with E-state index in [1.807, 2.05) is 0 Å². The molecule has 8 heteroatoms.